The molecule has 1 aromatic carbocycles. The number of carbonyl (C=O) groups is 1. The summed E-state index contributed by atoms with van der Waals surface area (Å²) in [6.07, 6.45) is 0. The molecule has 5 heteroatoms. The summed E-state index contributed by atoms with van der Waals surface area (Å²) >= 11 is 7.61. The highest BCUT2D eigenvalue weighted by atomic mass is 35.5. The van der Waals surface area contributed by atoms with Crippen molar-refractivity contribution < 1.29 is 9.53 Å². The van der Waals surface area contributed by atoms with E-state index in [1.54, 1.807) is 11.8 Å². The number of thioether (sulfide) groups is 1. The van der Waals surface area contributed by atoms with Gasteiger partial charge in [-0.1, -0.05) is 6.07 Å². The molecule has 90 valence electrons. The van der Waals surface area contributed by atoms with Crippen LogP contribution in [0.25, 0.3) is 0 Å². The fourth-order valence-corrected chi connectivity index (χ4v) is 3.18. The molecule has 0 bridgehead atoms. The van der Waals surface area contributed by atoms with E-state index < -0.39 is 0 Å². The van der Waals surface area contributed by atoms with Gasteiger partial charge in [0.25, 0.3) is 0 Å². The standard InChI is InChI=1S/C12H12ClNO2S/c13-5-12(6-16-7-12)8-1-2-10-9(3-8)14-11(15)4-17-10/h1-3H,4-7H2,(H,14,15). The van der Waals surface area contributed by atoms with E-state index in [0.717, 1.165) is 16.1 Å². The maximum Gasteiger partial charge on any atom is 0.234 e. The summed E-state index contributed by atoms with van der Waals surface area (Å²) in [4.78, 5) is 12.5. The average Bonchev–Trinajstić information content (AvgIpc) is 2.28. The molecule has 0 spiro atoms. The Morgan fingerprint density at radius 1 is 1.47 bits per heavy atom. The fraction of sp³-hybridized carbons (Fsp3) is 0.417. The SMILES string of the molecule is O=C1CSc2ccc(C3(CCl)COC3)cc2N1. The van der Waals surface area contributed by atoms with Crippen LogP contribution in [0.3, 0.4) is 0 Å². The van der Waals surface area contributed by atoms with Gasteiger partial charge in [-0.2, -0.15) is 0 Å². The van der Waals surface area contributed by atoms with E-state index in [2.05, 4.69) is 17.4 Å². The van der Waals surface area contributed by atoms with Gasteiger partial charge in [0.2, 0.25) is 5.91 Å². The molecular formula is C12H12ClNO2S. The quantitative estimate of drug-likeness (QED) is 0.837. The molecule has 17 heavy (non-hydrogen) atoms. The molecule has 0 unspecified atom stereocenters. The number of amides is 1. The highest BCUT2D eigenvalue weighted by Crippen LogP contribution is 2.39. The van der Waals surface area contributed by atoms with E-state index in [4.69, 9.17) is 16.3 Å². The van der Waals surface area contributed by atoms with E-state index in [1.807, 2.05) is 6.07 Å². The van der Waals surface area contributed by atoms with Gasteiger partial charge >= 0.3 is 0 Å². The Kier molecular flexibility index (Phi) is 2.81. The second kappa shape index (κ2) is 4.19. The summed E-state index contributed by atoms with van der Waals surface area (Å²) in [5.41, 5.74) is 1.99. The lowest BCUT2D eigenvalue weighted by Gasteiger charge is -2.40. The zero-order valence-corrected chi connectivity index (χ0v) is 10.7. The second-order valence-corrected chi connectivity index (χ2v) is 5.74. The number of nitrogens with one attached hydrogen (secondary N) is 1. The summed E-state index contributed by atoms with van der Waals surface area (Å²) in [5.74, 6) is 1.10. The van der Waals surface area contributed by atoms with Gasteiger partial charge in [-0.25, -0.2) is 0 Å². The number of hydrogen-bond donors (Lipinski definition) is 1. The molecule has 0 aliphatic carbocycles. The fourth-order valence-electron chi connectivity index (χ4n) is 2.08. The monoisotopic (exact) mass is 269 g/mol. The number of ether oxygens (including phenoxy) is 1. The molecule has 1 fully saturated rings. The van der Waals surface area contributed by atoms with Crippen molar-refractivity contribution in [2.24, 2.45) is 0 Å². The predicted octanol–water partition coefficient (Wildman–Crippen LogP) is 2.24. The first kappa shape index (κ1) is 11.4. The van der Waals surface area contributed by atoms with Crippen molar-refractivity contribution in [1.82, 2.24) is 0 Å². The van der Waals surface area contributed by atoms with Crippen LogP contribution in [0, 0.1) is 0 Å². The average molecular weight is 270 g/mol. The molecular weight excluding hydrogens is 258 g/mol. The van der Waals surface area contributed by atoms with E-state index in [9.17, 15) is 4.79 Å². The summed E-state index contributed by atoms with van der Waals surface area (Å²) < 4.78 is 5.27. The second-order valence-electron chi connectivity index (χ2n) is 4.45. The number of hydrogen-bond acceptors (Lipinski definition) is 3. The first-order valence-electron chi connectivity index (χ1n) is 5.44. The van der Waals surface area contributed by atoms with Crippen LogP contribution in [-0.4, -0.2) is 30.8 Å². The van der Waals surface area contributed by atoms with Crippen molar-refractivity contribution in [3.05, 3.63) is 23.8 Å². The van der Waals surface area contributed by atoms with Crippen LogP contribution in [0.4, 0.5) is 5.69 Å². The lowest BCUT2D eigenvalue weighted by atomic mass is 9.80. The number of halogens is 1. The van der Waals surface area contributed by atoms with Crippen LogP contribution in [0.5, 0.6) is 0 Å². The molecule has 1 N–H and O–H groups in total. The van der Waals surface area contributed by atoms with Gasteiger partial charge in [-0.15, -0.1) is 23.4 Å². The normalized spacial score (nSPS) is 21.4. The minimum absolute atomic E-state index is 0.0597. The third-order valence-electron chi connectivity index (χ3n) is 3.24. The van der Waals surface area contributed by atoms with Crippen molar-refractivity contribution in [3.8, 4) is 0 Å². The zero-order chi connectivity index (χ0) is 11.9. The summed E-state index contributed by atoms with van der Waals surface area (Å²) in [5, 5.41) is 2.90. The number of carbonyl (C=O) groups excluding carboxylic acids is 1. The van der Waals surface area contributed by atoms with Gasteiger partial charge in [-0.3, -0.25) is 4.79 Å². The zero-order valence-electron chi connectivity index (χ0n) is 9.16. The molecule has 0 radical (unpaired) electrons. The number of alkyl halides is 1. The van der Waals surface area contributed by atoms with Gasteiger partial charge in [0.15, 0.2) is 0 Å². The number of rotatable bonds is 2. The smallest absolute Gasteiger partial charge is 0.234 e. The lowest BCUT2D eigenvalue weighted by Crippen LogP contribution is -2.48. The Morgan fingerprint density at radius 3 is 2.94 bits per heavy atom. The van der Waals surface area contributed by atoms with Gasteiger partial charge in [0, 0.05) is 10.8 Å². The Morgan fingerprint density at radius 2 is 2.29 bits per heavy atom. The molecule has 1 saturated heterocycles. The minimum Gasteiger partial charge on any atom is -0.379 e. The van der Waals surface area contributed by atoms with Crippen LogP contribution >= 0.6 is 23.4 Å². The van der Waals surface area contributed by atoms with Crippen molar-refractivity contribution in [3.63, 3.8) is 0 Å². The molecule has 1 amide bonds. The summed E-state index contributed by atoms with van der Waals surface area (Å²) in [6, 6.07) is 6.18. The first-order valence-corrected chi connectivity index (χ1v) is 6.96. The first-order chi connectivity index (χ1) is 8.23. The van der Waals surface area contributed by atoms with Gasteiger partial charge in [0.1, 0.15) is 0 Å². The highest BCUT2D eigenvalue weighted by Gasteiger charge is 2.40. The third-order valence-corrected chi connectivity index (χ3v) is 4.82. The van der Waals surface area contributed by atoms with Gasteiger partial charge < -0.3 is 10.1 Å². The Hall–Kier alpha value is -0.710. The van der Waals surface area contributed by atoms with Crippen LogP contribution in [0.15, 0.2) is 23.1 Å². The maximum atomic E-state index is 11.4. The topological polar surface area (TPSA) is 38.3 Å². The molecule has 2 heterocycles. The van der Waals surface area contributed by atoms with Gasteiger partial charge in [0.05, 0.1) is 30.1 Å². The predicted molar refractivity (Wildman–Crippen MR) is 69.0 cm³/mol. The summed E-state index contributed by atoms with van der Waals surface area (Å²) in [6.45, 7) is 1.33. The molecule has 3 nitrogen and oxygen atoms in total. The largest absolute Gasteiger partial charge is 0.379 e. The minimum atomic E-state index is -0.0660. The summed E-state index contributed by atoms with van der Waals surface area (Å²) in [7, 11) is 0. The van der Waals surface area contributed by atoms with Crippen molar-refractivity contribution in [2.45, 2.75) is 10.3 Å². The van der Waals surface area contributed by atoms with Crippen molar-refractivity contribution in [2.75, 3.05) is 30.2 Å². The highest BCUT2D eigenvalue weighted by molar-refractivity contribution is 8.00. The molecule has 3 rings (SSSR count). The molecule has 0 aromatic heterocycles. The van der Waals surface area contributed by atoms with Crippen molar-refractivity contribution in [1.29, 1.82) is 0 Å². The Bertz CT molecular complexity index is 468. The Balaban J connectivity index is 1.97. The number of fused-ring (bicyclic) bond motifs is 1. The molecule has 0 saturated carbocycles. The van der Waals surface area contributed by atoms with Gasteiger partial charge in [-0.05, 0) is 17.7 Å². The number of benzene rings is 1. The van der Waals surface area contributed by atoms with E-state index in [-0.39, 0.29) is 11.3 Å². The number of anilines is 1. The third kappa shape index (κ3) is 1.84. The van der Waals surface area contributed by atoms with E-state index in [0.29, 0.717) is 24.8 Å². The van der Waals surface area contributed by atoms with E-state index >= 15 is 0 Å². The lowest BCUT2D eigenvalue weighted by molar-refractivity contribution is -0.113. The van der Waals surface area contributed by atoms with Crippen LogP contribution in [-0.2, 0) is 14.9 Å². The van der Waals surface area contributed by atoms with Crippen LogP contribution in [0.2, 0.25) is 0 Å². The Labute approximate surface area is 109 Å². The van der Waals surface area contributed by atoms with E-state index in [1.165, 1.54) is 0 Å². The van der Waals surface area contributed by atoms with Crippen molar-refractivity contribution >= 4 is 35.0 Å². The molecule has 2 aliphatic rings. The molecule has 0 atom stereocenters. The molecule has 2 aliphatic heterocycles. The maximum absolute atomic E-state index is 11.4. The van der Waals surface area contributed by atoms with Crippen LogP contribution < -0.4 is 5.32 Å². The molecule has 1 aromatic rings. The van der Waals surface area contributed by atoms with Crippen LogP contribution in [0.1, 0.15) is 5.56 Å².